The van der Waals surface area contributed by atoms with Crippen molar-refractivity contribution >= 4 is 39.3 Å². The molecule has 1 aromatic rings. The van der Waals surface area contributed by atoms with Crippen LogP contribution in [0.15, 0.2) is 23.1 Å². The zero-order chi connectivity index (χ0) is 20.7. The Bertz CT molecular complexity index is 806. The Kier molecular flexibility index (Phi) is 8.29. The van der Waals surface area contributed by atoms with E-state index in [1.54, 1.807) is 32.9 Å². The van der Waals surface area contributed by atoms with E-state index in [1.807, 2.05) is 0 Å². The number of carbonyl (C=O) groups is 2. The lowest BCUT2D eigenvalue weighted by atomic mass is 10.2. The topological polar surface area (TPSA) is 102 Å². The van der Waals surface area contributed by atoms with E-state index in [0.29, 0.717) is 44.2 Å². The first-order valence-electron chi connectivity index (χ1n) is 9.02. The van der Waals surface area contributed by atoms with Crippen LogP contribution in [0.25, 0.3) is 0 Å². The van der Waals surface area contributed by atoms with Crippen LogP contribution in [0.2, 0.25) is 0 Å². The third-order valence-electron chi connectivity index (χ3n) is 4.17. The number of amides is 1. The number of hydrogen-bond acceptors (Lipinski definition) is 7. The predicted molar refractivity (Wildman–Crippen MR) is 108 cm³/mol. The molecule has 0 spiro atoms. The van der Waals surface area contributed by atoms with E-state index in [-0.39, 0.29) is 22.5 Å². The van der Waals surface area contributed by atoms with Crippen LogP contribution in [-0.2, 0) is 29.1 Å². The summed E-state index contributed by atoms with van der Waals surface area (Å²) in [4.78, 5) is 24.0. The van der Waals surface area contributed by atoms with Crippen molar-refractivity contribution in [3.05, 3.63) is 23.8 Å². The number of rotatable bonds is 8. The smallest absolute Gasteiger partial charge is 0.315 e. The highest BCUT2D eigenvalue weighted by Gasteiger charge is 2.28. The molecule has 156 valence electrons. The van der Waals surface area contributed by atoms with Crippen LogP contribution in [0.3, 0.4) is 0 Å². The molecule has 8 nitrogen and oxygen atoms in total. The van der Waals surface area contributed by atoms with Crippen molar-refractivity contribution in [3.63, 3.8) is 0 Å². The summed E-state index contributed by atoms with van der Waals surface area (Å²) in [5, 5.41) is 2.23. The van der Waals surface area contributed by atoms with Gasteiger partial charge in [0.1, 0.15) is 0 Å². The van der Waals surface area contributed by atoms with E-state index in [0.717, 1.165) is 11.8 Å². The molecule has 0 radical (unpaired) electrons. The molecule has 28 heavy (non-hydrogen) atoms. The van der Waals surface area contributed by atoms with Crippen LogP contribution in [0.1, 0.15) is 19.4 Å². The normalized spacial score (nSPS) is 16.4. The van der Waals surface area contributed by atoms with Crippen molar-refractivity contribution in [2.75, 3.05) is 44.0 Å². The molecule has 1 heterocycles. The van der Waals surface area contributed by atoms with Crippen molar-refractivity contribution in [2.24, 2.45) is 0 Å². The van der Waals surface area contributed by atoms with E-state index in [9.17, 15) is 18.0 Å². The van der Waals surface area contributed by atoms with Crippen molar-refractivity contribution in [2.45, 2.75) is 30.9 Å². The van der Waals surface area contributed by atoms with Gasteiger partial charge in [0, 0.05) is 18.8 Å². The number of ether oxygens (including phenoxy) is 2. The largest absolute Gasteiger partial charge is 0.465 e. The number of benzene rings is 1. The number of nitrogens with one attached hydrogen (secondary N) is 1. The quantitative estimate of drug-likeness (QED) is 0.626. The van der Waals surface area contributed by atoms with Crippen molar-refractivity contribution < 1.29 is 27.5 Å². The van der Waals surface area contributed by atoms with Gasteiger partial charge in [0.2, 0.25) is 15.9 Å². The van der Waals surface area contributed by atoms with Gasteiger partial charge in [-0.1, -0.05) is 6.07 Å². The molecule has 0 saturated carbocycles. The molecule has 1 fully saturated rings. The fourth-order valence-corrected chi connectivity index (χ4v) is 4.94. The number of thioether (sulfide) groups is 1. The summed E-state index contributed by atoms with van der Waals surface area (Å²) in [7, 11) is -3.66. The Morgan fingerprint density at radius 2 is 2.00 bits per heavy atom. The minimum absolute atomic E-state index is 0.0764. The third-order valence-corrected chi connectivity index (χ3v) is 7.33. The maximum Gasteiger partial charge on any atom is 0.315 e. The van der Waals surface area contributed by atoms with E-state index < -0.39 is 15.3 Å². The van der Waals surface area contributed by atoms with Crippen LogP contribution in [0.5, 0.6) is 0 Å². The highest BCUT2D eigenvalue weighted by atomic mass is 32.2. The third kappa shape index (κ3) is 5.94. The van der Waals surface area contributed by atoms with E-state index in [4.69, 9.17) is 9.47 Å². The zero-order valence-corrected chi connectivity index (χ0v) is 17.9. The summed E-state index contributed by atoms with van der Waals surface area (Å²) in [5.41, 5.74) is 1.00. The van der Waals surface area contributed by atoms with Gasteiger partial charge in [-0.15, -0.1) is 11.8 Å². The van der Waals surface area contributed by atoms with Crippen molar-refractivity contribution in [1.82, 2.24) is 4.31 Å². The summed E-state index contributed by atoms with van der Waals surface area (Å²) in [6, 6.07) is 4.80. The Labute approximate surface area is 170 Å². The number of aryl methyl sites for hydroxylation is 1. The molecule has 1 aliphatic heterocycles. The first-order valence-corrected chi connectivity index (χ1v) is 11.5. The van der Waals surface area contributed by atoms with Gasteiger partial charge in [0.25, 0.3) is 0 Å². The molecule has 1 saturated heterocycles. The number of sulfonamides is 1. The number of morpholine rings is 1. The molecule has 1 aromatic carbocycles. The van der Waals surface area contributed by atoms with Gasteiger partial charge < -0.3 is 14.8 Å². The lowest BCUT2D eigenvalue weighted by molar-refractivity contribution is -0.139. The molecule has 0 unspecified atom stereocenters. The summed E-state index contributed by atoms with van der Waals surface area (Å²) >= 11 is 1.16. The second-order valence-electron chi connectivity index (χ2n) is 6.24. The van der Waals surface area contributed by atoms with Crippen LogP contribution >= 0.6 is 11.8 Å². The molecule has 0 aliphatic carbocycles. The molecule has 0 aromatic heterocycles. The van der Waals surface area contributed by atoms with Crippen LogP contribution in [0, 0.1) is 6.92 Å². The minimum Gasteiger partial charge on any atom is -0.465 e. The summed E-state index contributed by atoms with van der Waals surface area (Å²) in [6.45, 7) is 6.76. The Morgan fingerprint density at radius 1 is 1.32 bits per heavy atom. The van der Waals surface area contributed by atoms with Crippen molar-refractivity contribution in [3.8, 4) is 0 Å². The van der Waals surface area contributed by atoms with E-state index in [2.05, 4.69) is 5.32 Å². The lowest BCUT2D eigenvalue weighted by Gasteiger charge is -2.27. The van der Waals surface area contributed by atoms with Crippen molar-refractivity contribution in [1.29, 1.82) is 0 Å². The first-order chi connectivity index (χ1) is 13.3. The minimum atomic E-state index is -3.66. The standard InChI is InChI=1S/C18H26N2O6S2/c1-4-26-17(21)12-27-14(3)18(22)19-15-6-5-13(2)16(11-15)28(23,24)20-7-9-25-10-8-20/h5-6,11,14H,4,7-10,12H2,1-3H3,(H,19,22)/t14-/m0/s1. The molecular formula is C18H26N2O6S2. The number of carbonyl (C=O) groups excluding carboxylic acids is 2. The number of hydrogen-bond donors (Lipinski definition) is 1. The average molecular weight is 431 g/mol. The SMILES string of the molecule is CCOC(=O)CS[C@@H](C)C(=O)Nc1ccc(C)c(S(=O)(=O)N2CCOCC2)c1. The van der Waals surface area contributed by atoms with Gasteiger partial charge in [0.15, 0.2) is 0 Å². The average Bonchev–Trinajstić information content (AvgIpc) is 2.68. The molecule has 1 N–H and O–H groups in total. The van der Waals surface area contributed by atoms with Crippen LogP contribution < -0.4 is 5.32 Å². The second-order valence-corrected chi connectivity index (χ2v) is 9.48. The van der Waals surface area contributed by atoms with Crippen LogP contribution in [-0.4, -0.2) is 68.5 Å². The summed E-state index contributed by atoms with van der Waals surface area (Å²) in [6.07, 6.45) is 0. The van der Waals surface area contributed by atoms with Gasteiger partial charge in [-0.05, 0) is 38.5 Å². The molecule has 10 heteroatoms. The highest BCUT2D eigenvalue weighted by molar-refractivity contribution is 8.01. The van der Waals surface area contributed by atoms with Gasteiger partial charge in [0.05, 0.1) is 35.7 Å². The predicted octanol–water partition coefficient (Wildman–Crippen LogP) is 1.64. The molecular weight excluding hydrogens is 404 g/mol. The Hall–Kier alpha value is -1.62. The molecule has 1 atom stereocenters. The Morgan fingerprint density at radius 3 is 2.64 bits per heavy atom. The number of nitrogens with zero attached hydrogens (tertiary/aromatic N) is 1. The molecule has 1 aliphatic rings. The molecule has 0 bridgehead atoms. The fraction of sp³-hybridized carbons (Fsp3) is 0.556. The molecule has 2 rings (SSSR count). The second kappa shape index (κ2) is 10.2. The van der Waals surface area contributed by atoms with Gasteiger partial charge >= 0.3 is 5.97 Å². The van der Waals surface area contributed by atoms with E-state index in [1.165, 1.54) is 10.4 Å². The maximum atomic E-state index is 12.9. The zero-order valence-electron chi connectivity index (χ0n) is 16.3. The highest BCUT2D eigenvalue weighted by Crippen LogP contribution is 2.25. The first kappa shape index (κ1) is 22.7. The van der Waals surface area contributed by atoms with Gasteiger partial charge in [-0.25, -0.2) is 8.42 Å². The number of esters is 1. The summed E-state index contributed by atoms with van der Waals surface area (Å²) < 4.78 is 37.3. The Balaban J connectivity index is 2.08. The lowest BCUT2D eigenvalue weighted by Crippen LogP contribution is -2.40. The summed E-state index contributed by atoms with van der Waals surface area (Å²) in [5.74, 6) is -0.610. The fourth-order valence-electron chi connectivity index (χ4n) is 2.60. The van der Waals surface area contributed by atoms with E-state index >= 15 is 0 Å². The molecule has 1 amide bonds. The van der Waals surface area contributed by atoms with Gasteiger partial charge in [-0.3, -0.25) is 9.59 Å². The van der Waals surface area contributed by atoms with Gasteiger partial charge in [-0.2, -0.15) is 4.31 Å². The van der Waals surface area contributed by atoms with Crippen LogP contribution in [0.4, 0.5) is 5.69 Å². The monoisotopic (exact) mass is 430 g/mol. The number of anilines is 1. The maximum absolute atomic E-state index is 12.9.